The summed E-state index contributed by atoms with van der Waals surface area (Å²) in [5.41, 5.74) is 0. The fraction of sp³-hybridized carbons (Fsp3) is 0.769. The fourth-order valence-corrected chi connectivity index (χ4v) is 2.34. The van der Waals surface area contributed by atoms with Crippen LogP contribution in [0.1, 0.15) is 12.8 Å². The minimum absolute atomic E-state index is 0.609. The van der Waals surface area contributed by atoms with Crippen LogP contribution in [0.25, 0.3) is 0 Å². The maximum Gasteiger partial charge on any atom is 0.231 e. The first-order chi connectivity index (χ1) is 9.63. The van der Waals surface area contributed by atoms with Crippen molar-refractivity contribution >= 4 is 17.8 Å². The normalized spacial score (nSPS) is 16.3. The molecule has 0 atom stereocenters. The van der Waals surface area contributed by atoms with E-state index in [0.29, 0.717) is 17.8 Å². The first-order valence-electron chi connectivity index (χ1n) is 6.99. The monoisotopic (exact) mass is 280 g/mol. The summed E-state index contributed by atoms with van der Waals surface area (Å²) in [6, 6.07) is 0. The number of nitrogens with zero attached hydrogens (tertiary/aromatic N) is 5. The topological polar surface area (TPSA) is 66.4 Å². The van der Waals surface area contributed by atoms with Gasteiger partial charge in [0.2, 0.25) is 17.8 Å². The molecule has 0 amide bonds. The number of ether oxygens (including phenoxy) is 1. The van der Waals surface area contributed by atoms with Crippen molar-refractivity contribution in [3.05, 3.63) is 0 Å². The molecule has 1 saturated heterocycles. The van der Waals surface area contributed by atoms with E-state index >= 15 is 0 Å². The van der Waals surface area contributed by atoms with E-state index < -0.39 is 0 Å². The standard InChI is InChI=1S/C13H24N6O/c1-14-11-15-12(18(2)3)17-13(16-11)19-7-5-10(6-8-19)9-20-4/h10H,5-9H2,1-4H3,(H,14,15,16,17). The number of anilines is 3. The maximum absolute atomic E-state index is 5.23. The molecule has 2 heterocycles. The molecule has 1 aromatic heterocycles. The van der Waals surface area contributed by atoms with Gasteiger partial charge < -0.3 is 19.9 Å². The molecule has 2 rings (SSSR count). The summed E-state index contributed by atoms with van der Waals surface area (Å²) in [7, 11) is 7.46. The van der Waals surface area contributed by atoms with Crippen LogP contribution in [0.5, 0.6) is 0 Å². The van der Waals surface area contributed by atoms with Gasteiger partial charge in [0.05, 0.1) is 0 Å². The van der Waals surface area contributed by atoms with Gasteiger partial charge in [0, 0.05) is 47.9 Å². The van der Waals surface area contributed by atoms with E-state index in [1.165, 1.54) is 0 Å². The third kappa shape index (κ3) is 3.47. The van der Waals surface area contributed by atoms with Crippen molar-refractivity contribution < 1.29 is 4.74 Å². The summed E-state index contributed by atoms with van der Waals surface area (Å²) in [5, 5.41) is 3.00. The number of nitrogens with one attached hydrogen (secondary N) is 1. The van der Waals surface area contributed by atoms with Gasteiger partial charge in [-0.1, -0.05) is 0 Å². The molecule has 0 bridgehead atoms. The Bertz CT molecular complexity index is 431. The average Bonchev–Trinajstić information content (AvgIpc) is 2.47. The van der Waals surface area contributed by atoms with Crippen LogP contribution in [-0.4, -0.2) is 62.9 Å². The Labute approximate surface area is 120 Å². The molecule has 0 unspecified atom stereocenters. The summed E-state index contributed by atoms with van der Waals surface area (Å²) in [6.07, 6.45) is 2.23. The van der Waals surface area contributed by atoms with E-state index in [0.717, 1.165) is 38.5 Å². The summed E-state index contributed by atoms with van der Waals surface area (Å²) in [6.45, 7) is 2.78. The summed E-state index contributed by atoms with van der Waals surface area (Å²) >= 11 is 0. The Balaban J connectivity index is 2.10. The van der Waals surface area contributed by atoms with Crippen LogP contribution in [0, 0.1) is 5.92 Å². The molecule has 1 fully saturated rings. The van der Waals surface area contributed by atoms with Crippen LogP contribution in [0.4, 0.5) is 17.8 Å². The molecule has 7 nitrogen and oxygen atoms in total. The van der Waals surface area contributed by atoms with Crippen LogP contribution >= 0.6 is 0 Å². The van der Waals surface area contributed by atoms with Crippen molar-refractivity contribution in [1.82, 2.24) is 15.0 Å². The molecular formula is C13H24N6O. The fourth-order valence-electron chi connectivity index (χ4n) is 2.34. The molecular weight excluding hydrogens is 256 g/mol. The van der Waals surface area contributed by atoms with Crippen molar-refractivity contribution in [3.8, 4) is 0 Å². The minimum Gasteiger partial charge on any atom is -0.384 e. The van der Waals surface area contributed by atoms with Gasteiger partial charge in [-0.2, -0.15) is 15.0 Å². The smallest absolute Gasteiger partial charge is 0.231 e. The van der Waals surface area contributed by atoms with E-state index in [4.69, 9.17) is 4.74 Å². The van der Waals surface area contributed by atoms with Crippen LogP contribution in [0.3, 0.4) is 0 Å². The lowest BCUT2D eigenvalue weighted by atomic mass is 9.98. The lowest BCUT2D eigenvalue weighted by Crippen LogP contribution is -2.36. The van der Waals surface area contributed by atoms with Crippen molar-refractivity contribution in [2.45, 2.75) is 12.8 Å². The second kappa shape index (κ2) is 6.69. The van der Waals surface area contributed by atoms with Crippen molar-refractivity contribution in [2.75, 3.05) is 63.1 Å². The zero-order valence-corrected chi connectivity index (χ0v) is 12.8. The van der Waals surface area contributed by atoms with E-state index in [9.17, 15) is 0 Å². The third-order valence-corrected chi connectivity index (χ3v) is 3.54. The molecule has 112 valence electrons. The molecule has 1 N–H and O–H groups in total. The highest BCUT2D eigenvalue weighted by atomic mass is 16.5. The number of piperidine rings is 1. The molecule has 1 aliphatic rings. The maximum atomic E-state index is 5.23. The van der Waals surface area contributed by atoms with Gasteiger partial charge in [-0.25, -0.2) is 0 Å². The zero-order chi connectivity index (χ0) is 14.5. The number of hydrogen-bond acceptors (Lipinski definition) is 7. The lowest BCUT2D eigenvalue weighted by Gasteiger charge is -2.32. The highest BCUT2D eigenvalue weighted by Crippen LogP contribution is 2.22. The van der Waals surface area contributed by atoms with Crippen molar-refractivity contribution in [3.63, 3.8) is 0 Å². The van der Waals surface area contributed by atoms with Gasteiger partial charge >= 0.3 is 0 Å². The van der Waals surface area contributed by atoms with Gasteiger partial charge in [0.1, 0.15) is 0 Å². The molecule has 0 aliphatic carbocycles. The molecule has 0 aromatic carbocycles. The van der Waals surface area contributed by atoms with E-state index in [1.54, 1.807) is 7.11 Å². The Morgan fingerprint density at radius 2 is 1.95 bits per heavy atom. The van der Waals surface area contributed by atoms with Crippen LogP contribution < -0.4 is 15.1 Å². The Morgan fingerprint density at radius 1 is 1.25 bits per heavy atom. The second-order valence-electron chi connectivity index (χ2n) is 5.29. The SMILES string of the molecule is CNc1nc(N(C)C)nc(N2CCC(COC)CC2)n1. The van der Waals surface area contributed by atoms with Gasteiger partial charge in [0.25, 0.3) is 0 Å². The number of aromatic nitrogens is 3. The van der Waals surface area contributed by atoms with Crippen LogP contribution in [-0.2, 0) is 4.74 Å². The average molecular weight is 280 g/mol. The van der Waals surface area contributed by atoms with Gasteiger partial charge in [0.15, 0.2) is 0 Å². The van der Waals surface area contributed by atoms with Crippen molar-refractivity contribution in [1.29, 1.82) is 0 Å². The Morgan fingerprint density at radius 3 is 2.50 bits per heavy atom. The highest BCUT2D eigenvalue weighted by Gasteiger charge is 2.22. The summed E-state index contributed by atoms with van der Waals surface area (Å²) < 4.78 is 5.23. The molecule has 0 saturated carbocycles. The lowest BCUT2D eigenvalue weighted by molar-refractivity contribution is 0.139. The molecule has 0 spiro atoms. The molecule has 1 aromatic rings. The predicted molar refractivity (Wildman–Crippen MR) is 80.5 cm³/mol. The van der Waals surface area contributed by atoms with Crippen LogP contribution in [0.15, 0.2) is 0 Å². The molecule has 0 radical (unpaired) electrons. The molecule has 1 aliphatic heterocycles. The van der Waals surface area contributed by atoms with Gasteiger partial charge in [-0.3, -0.25) is 0 Å². The summed E-state index contributed by atoms with van der Waals surface area (Å²) in [5.74, 6) is 2.69. The molecule has 7 heteroatoms. The third-order valence-electron chi connectivity index (χ3n) is 3.54. The largest absolute Gasteiger partial charge is 0.384 e. The summed E-state index contributed by atoms with van der Waals surface area (Å²) in [4.78, 5) is 17.5. The Hall–Kier alpha value is -1.63. The zero-order valence-electron chi connectivity index (χ0n) is 12.8. The van der Waals surface area contributed by atoms with E-state index in [-0.39, 0.29) is 0 Å². The Kier molecular flexibility index (Phi) is 4.94. The van der Waals surface area contributed by atoms with Crippen LogP contribution in [0.2, 0.25) is 0 Å². The molecule has 20 heavy (non-hydrogen) atoms. The predicted octanol–water partition coefficient (Wildman–Crippen LogP) is 0.842. The first-order valence-corrected chi connectivity index (χ1v) is 6.99. The van der Waals surface area contributed by atoms with E-state index in [1.807, 2.05) is 26.0 Å². The number of hydrogen-bond donors (Lipinski definition) is 1. The van der Waals surface area contributed by atoms with E-state index in [2.05, 4.69) is 25.2 Å². The van der Waals surface area contributed by atoms with Gasteiger partial charge in [-0.15, -0.1) is 0 Å². The second-order valence-corrected chi connectivity index (χ2v) is 5.29. The van der Waals surface area contributed by atoms with Crippen molar-refractivity contribution in [2.24, 2.45) is 5.92 Å². The quantitative estimate of drug-likeness (QED) is 0.857. The van der Waals surface area contributed by atoms with Gasteiger partial charge in [-0.05, 0) is 18.8 Å². The number of methoxy groups -OCH3 is 1. The number of rotatable bonds is 5. The highest BCUT2D eigenvalue weighted by molar-refractivity contribution is 5.44. The minimum atomic E-state index is 0.609. The first kappa shape index (κ1) is 14.8.